The molecule has 0 bridgehead atoms. The van der Waals surface area contributed by atoms with E-state index in [4.69, 9.17) is 36.0 Å². The molecule has 2 aromatic rings. The van der Waals surface area contributed by atoms with Gasteiger partial charge in [-0.3, -0.25) is 10.2 Å². The second-order valence-electron chi connectivity index (χ2n) is 8.25. The Labute approximate surface area is 224 Å². The number of hydrogen-bond acceptors (Lipinski definition) is 8. The van der Waals surface area contributed by atoms with Crippen molar-refractivity contribution in [1.82, 2.24) is 5.01 Å². The summed E-state index contributed by atoms with van der Waals surface area (Å²) in [5, 5.41) is 15.9. The van der Waals surface area contributed by atoms with Gasteiger partial charge in [0.15, 0.2) is 17.3 Å². The highest BCUT2D eigenvalue weighted by Crippen LogP contribution is 2.38. The van der Waals surface area contributed by atoms with Crippen LogP contribution in [-0.2, 0) is 4.79 Å². The molecule has 0 atom stereocenters. The quantitative estimate of drug-likeness (QED) is 0.313. The highest BCUT2D eigenvalue weighted by atomic mass is 35.5. The maximum absolute atomic E-state index is 12.7. The van der Waals surface area contributed by atoms with Gasteiger partial charge in [-0.1, -0.05) is 31.5 Å². The zero-order chi connectivity index (χ0) is 26.5. The highest BCUT2D eigenvalue weighted by Gasteiger charge is 2.36. The van der Waals surface area contributed by atoms with Crippen molar-refractivity contribution in [3.05, 3.63) is 52.6 Å². The molecule has 2 aromatic carbocycles. The van der Waals surface area contributed by atoms with Crippen molar-refractivity contribution in [1.29, 1.82) is 5.41 Å². The summed E-state index contributed by atoms with van der Waals surface area (Å²) in [4.78, 5) is 16.8. The van der Waals surface area contributed by atoms with Crippen LogP contribution in [0.5, 0.6) is 23.0 Å². The number of benzene rings is 2. The Morgan fingerprint density at radius 2 is 1.89 bits per heavy atom. The molecule has 11 heteroatoms. The monoisotopic (exact) mass is 542 g/mol. The van der Waals surface area contributed by atoms with E-state index in [9.17, 15) is 4.79 Å². The molecule has 0 aromatic heterocycles. The van der Waals surface area contributed by atoms with E-state index in [1.54, 1.807) is 31.4 Å². The smallest absolute Gasteiger partial charge is 0.283 e. The van der Waals surface area contributed by atoms with E-state index in [-0.39, 0.29) is 30.5 Å². The summed E-state index contributed by atoms with van der Waals surface area (Å²) < 4.78 is 22.6. The number of thioether (sulfide) groups is 1. The van der Waals surface area contributed by atoms with Crippen molar-refractivity contribution in [2.45, 2.75) is 20.8 Å². The number of nitrogens with zero attached hydrogens (tertiary/aromatic N) is 3. The van der Waals surface area contributed by atoms with Crippen LogP contribution in [0.15, 0.2) is 52.1 Å². The van der Waals surface area contributed by atoms with Crippen LogP contribution < -0.4 is 18.9 Å². The van der Waals surface area contributed by atoms with Gasteiger partial charge in [-0.15, -0.1) is 0 Å². The van der Waals surface area contributed by atoms with E-state index in [2.05, 4.69) is 10.1 Å². The molecule has 2 aliphatic rings. The van der Waals surface area contributed by atoms with Crippen molar-refractivity contribution in [3.8, 4) is 23.0 Å². The van der Waals surface area contributed by atoms with Gasteiger partial charge in [0.05, 0.1) is 24.3 Å². The van der Waals surface area contributed by atoms with Gasteiger partial charge in [0.25, 0.3) is 5.91 Å². The maximum atomic E-state index is 12.7. The third kappa shape index (κ3) is 6.08. The minimum absolute atomic E-state index is 0.0396. The molecule has 194 valence electrons. The molecule has 9 nitrogen and oxygen atoms in total. The SMILES string of the molecule is CCOc1cc(/C=C2/C(=N)N3N=C(C(C)C)SC3=NC2=O)cc(Cl)c1OCCOc1cccc(OC)c1. The fourth-order valence-electron chi connectivity index (χ4n) is 3.48. The molecule has 0 saturated carbocycles. The van der Waals surface area contributed by atoms with Gasteiger partial charge < -0.3 is 18.9 Å². The van der Waals surface area contributed by atoms with Crippen LogP contribution in [0.2, 0.25) is 5.02 Å². The molecule has 0 spiro atoms. The molecule has 4 rings (SSSR count). The third-order valence-electron chi connectivity index (χ3n) is 5.25. The van der Waals surface area contributed by atoms with Crippen LogP contribution in [-0.4, -0.2) is 53.9 Å². The molecule has 2 heterocycles. The second-order valence-corrected chi connectivity index (χ2v) is 9.65. The van der Waals surface area contributed by atoms with E-state index >= 15 is 0 Å². The molecule has 0 saturated heterocycles. The summed E-state index contributed by atoms with van der Waals surface area (Å²) >= 11 is 7.85. The van der Waals surface area contributed by atoms with Gasteiger partial charge in [0.2, 0.25) is 5.17 Å². The van der Waals surface area contributed by atoms with Gasteiger partial charge in [-0.2, -0.15) is 15.1 Å². The van der Waals surface area contributed by atoms with Crippen LogP contribution in [0.25, 0.3) is 6.08 Å². The molecule has 1 N–H and O–H groups in total. The normalized spacial score (nSPS) is 16.1. The number of halogens is 1. The summed E-state index contributed by atoms with van der Waals surface area (Å²) in [6, 6.07) is 10.7. The Balaban J connectivity index is 1.50. The number of methoxy groups -OCH3 is 1. The maximum Gasteiger partial charge on any atom is 0.283 e. The first kappa shape index (κ1) is 26.6. The topological polar surface area (TPSA) is 106 Å². The molecule has 0 fully saturated rings. The van der Waals surface area contributed by atoms with Crippen molar-refractivity contribution in [2.24, 2.45) is 16.0 Å². The van der Waals surface area contributed by atoms with E-state index in [0.717, 1.165) is 5.04 Å². The fraction of sp³-hybridized carbons (Fsp3) is 0.308. The summed E-state index contributed by atoms with van der Waals surface area (Å²) in [6.07, 6.45) is 1.56. The number of carbonyl (C=O) groups excluding carboxylic acids is 1. The van der Waals surface area contributed by atoms with Crippen LogP contribution >= 0.6 is 23.4 Å². The zero-order valence-electron chi connectivity index (χ0n) is 20.9. The number of amides is 1. The Hall–Kier alpha value is -3.50. The third-order valence-corrected chi connectivity index (χ3v) is 6.74. The second kappa shape index (κ2) is 11.7. The summed E-state index contributed by atoms with van der Waals surface area (Å²) in [5.41, 5.74) is 0.678. The number of hydrogen-bond donors (Lipinski definition) is 1. The van der Waals surface area contributed by atoms with Crippen LogP contribution in [0.3, 0.4) is 0 Å². The van der Waals surface area contributed by atoms with Crippen molar-refractivity contribution in [3.63, 3.8) is 0 Å². The minimum atomic E-state index is -0.506. The number of aliphatic imine (C=N–C) groups is 1. The standard InChI is InChI=1S/C26H27ClN4O5S/c1-5-34-21-13-16(11-19-23(28)31-26(29-24(19)32)37-25(30-31)15(2)3)12-20(27)22(21)36-10-9-35-18-8-6-7-17(14-18)33-4/h6-8,11-15,28H,5,9-10H2,1-4H3/b19-11-,28-23?. The summed E-state index contributed by atoms with van der Waals surface area (Å²) in [5.74, 6) is 1.76. The Kier molecular flexibility index (Phi) is 8.40. The molecule has 0 unspecified atom stereocenters. The van der Waals surface area contributed by atoms with Gasteiger partial charge in [-0.05, 0) is 54.6 Å². The summed E-state index contributed by atoms with van der Waals surface area (Å²) in [6.45, 7) is 6.73. The van der Waals surface area contributed by atoms with Crippen molar-refractivity contribution < 1.29 is 23.7 Å². The van der Waals surface area contributed by atoms with Gasteiger partial charge in [0.1, 0.15) is 29.8 Å². The zero-order valence-corrected chi connectivity index (χ0v) is 22.5. The lowest BCUT2D eigenvalue weighted by atomic mass is 10.1. The lowest BCUT2D eigenvalue weighted by molar-refractivity contribution is -0.114. The van der Waals surface area contributed by atoms with Gasteiger partial charge in [0, 0.05) is 12.0 Å². The van der Waals surface area contributed by atoms with Gasteiger partial charge >= 0.3 is 0 Å². The first-order chi connectivity index (χ1) is 17.8. The number of rotatable bonds is 10. The lowest BCUT2D eigenvalue weighted by Crippen LogP contribution is -2.35. The Morgan fingerprint density at radius 1 is 1.14 bits per heavy atom. The largest absolute Gasteiger partial charge is 0.497 e. The van der Waals surface area contributed by atoms with E-state index in [1.165, 1.54) is 16.8 Å². The molecule has 2 aliphatic heterocycles. The molecule has 0 radical (unpaired) electrons. The molecular weight excluding hydrogens is 516 g/mol. The number of ether oxygens (including phenoxy) is 4. The Morgan fingerprint density at radius 3 is 2.62 bits per heavy atom. The van der Waals surface area contributed by atoms with Gasteiger partial charge in [-0.25, -0.2) is 0 Å². The Bertz CT molecular complexity index is 1310. The summed E-state index contributed by atoms with van der Waals surface area (Å²) in [7, 11) is 1.60. The minimum Gasteiger partial charge on any atom is -0.497 e. The number of amidine groups is 2. The van der Waals surface area contributed by atoms with Crippen molar-refractivity contribution in [2.75, 3.05) is 26.9 Å². The molecule has 1 amide bonds. The fourth-order valence-corrected chi connectivity index (χ4v) is 4.64. The number of carbonyl (C=O) groups is 1. The van der Waals surface area contributed by atoms with Crippen molar-refractivity contribution >= 4 is 51.4 Å². The molecule has 37 heavy (non-hydrogen) atoms. The number of fused-ring (bicyclic) bond motifs is 1. The predicted molar refractivity (Wildman–Crippen MR) is 146 cm³/mol. The van der Waals surface area contributed by atoms with E-state index in [1.807, 2.05) is 39.0 Å². The number of nitrogens with one attached hydrogen (secondary N) is 1. The molecule has 0 aliphatic carbocycles. The van der Waals surface area contributed by atoms with Crippen LogP contribution in [0.1, 0.15) is 26.3 Å². The number of hydrazone groups is 1. The predicted octanol–water partition coefficient (Wildman–Crippen LogP) is 5.48. The first-order valence-electron chi connectivity index (χ1n) is 11.7. The highest BCUT2D eigenvalue weighted by molar-refractivity contribution is 8.27. The average Bonchev–Trinajstić information content (AvgIpc) is 3.30. The molecular formula is C26H27ClN4O5S. The first-order valence-corrected chi connectivity index (χ1v) is 12.9. The average molecular weight is 543 g/mol. The van der Waals surface area contributed by atoms with E-state index < -0.39 is 5.91 Å². The van der Waals surface area contributed by atoms with Crippen LogP contribution in [0.4, 0.5) is 0 Å². The lowest BCUT2D eigenvalue weighted by Gasteiger charge is -2.20. The van der Waals surface area contributed by atoms with Crippen LogP contribution in [0, 0.1) is 11.3 Å². The van der Waals surface area contributed by atoms with E-state index in [0.29, 0.717) is 45.4 Å².